The largest absolute Gasteiger partial charge is 0.377 e. The van der Waals surface area contributed by atoms with Gasteiger partial charge in [-0.15, -0.1) is 10.2 Å². The van der Waals surface area contributed by atoms with Gasteiger partial charge >= 0.3 is 0 Å². The molecular weight excluding hydrogens is 302 g/mol. The Labute approximate surface area is 133 Å². The lowest BCUT2D eigenvalue weighted by atomic mass is 10.1. The predicted molar refractivity (Wildman–Crippen MR) is 88.0 cm³/mol. The zero-order chi connectivity index (χ0) is 14.3. The molecule has 0 radical (unpaired) electrons. The number of ether oxygens (including phenoxy) is 1. The third kappa shape index (κ3) is 4.69. The molecule has 1 saturated heterocycles. The molecule has 1 atom stereocenters. The Bertz CT molecular complexity index is 541. The van der Waals surface area contributed by atoms with Gasteiger partial charge in [0.05, 0.1) is 6.10 Å². The number of aromatic nitrogens is 2. The number of anilines is 1. The van der Waals surface area contributed by atoms with Crippen LogP contribution in [0.1, 0.15) is 24.8 Å². The van der Waals surface area contributed by atoms with Gasteiger partial charge in [-0.05, 0) is 24.8 Å². The van der Waals surface area contributed by atoms with E-state index in [0.717, 1.165) is 28.4 Å². The van der Waals surface area contributed by atoms with Crippen molar-refractivity contribution in [1.82, 2.24) is 10.2 Å². The molecule has 1 fully saturated rings. The van der Waals surface area contributed by atoms with Crippen LogP contribution in [0.2, 0.25) is 0 Å². The Balaban J connectivity index is 1.45. The molecule has 0 unspecified atom stereocenters. The molecular formula is C15H19N3OS2. The lowest BCUT2D eigenvalue weighted by molar-refractivity contribution is 0.0315. The van der Waals surface area contributed by atoms with Gasteiger partial charge in [-0.3, -0.25) is 0 Å². The van der Waals surface area contributed by atoms with Crippen molar-refractivity contribution in [3.05, 3.63) is 35.9 Å². The average Bonchev–Trinajstić information content (AvgIpc) is 3.01. The maximum absolute atomic E-state index is 5.73. The number of benzene rings is 1. The van der Waals surface area contributed by atoms with Crippen molar-refractivity contribution in [2.75, 3.05) is 17.7 Å². The van der Waals surface area contributed by atoms with Gasteiger partial charge in [-0.25, -0.2) is 0 Å². The first-order chi connectivity index (χ1) is 10.4. The summed E-state index contributed by atoms with van der Waals surface area (Å²) in [5.74, 6) is 0.979. The summed E-state index contributed by atoms with van der Waals surface area (Å²) in [5.41, 5.74) is 1.25. The summed E-state index contributed by atoms with van der Waals surface area (Å²) < 4.78 is 6.75. The van der Waals surface area contributed by atoms with Gasteiger partial charge in [-0.1, -0.05) is 53.4 Å². The van der Waals surface area contributed by atoms with Crippen molar-refractivity contribution >= 4 is 28.2 Å². The Morgan fingerprint density at radius 1 is 1.24 bits per heavy atom. The molecule has 1 N–H and O–H groups in total. The zero-order valence-corrected chi connectivity index (χ0v) is 13.5. The number of nitrogens with one attached hydrogen (secondary N) is 1. The van der Waals surface area contributed by atoms with Crippen molar-refractivity contribution in [2.24, 2.45) is 0 Å². The lowest BCUT2D eigenvalue weighted by Crippen LogP contribution is -2.21. The van der Waals surface area contributed by atoms with Crippen LogP contribution in [-0.4, -0.2) is 28.7 Å². The van der Waals surface area contributed by atoms with E-state index in [1.807, 2.05) is 18.2 Å². The fourth-order valence-electron chi connectivity index (χ4n) is 2.22. The molecule has 0 aliphatic carbocycles. The summed E-state index contributed by atoms with van der Waals surface area (Å²) in [6.45, 7) is 1.69. The molecule has 1 aliphatic rings. The van der Waals surface area contributed by atoms with Gasteiger partial charge in [0.2, 0.25) is 5.13 Å². The standard InChI is InChI=1S/C15H19N3OS2/c1-2-6-12(7-3-1)10-16-14-17-18-15(21-14)20-11-13-8-4-5-9-19-13/h1-3,6-7,13H,4-5,8-11H2,(H,16,17)/t13-/m0/s1. The van der Waals surface area contributed by atoms with E-state index < -0.39 is 0 Å². The maximum atomic E-state index is 5.73. The molecule has 21 heavy (non-hydrogen) atoms. The van der Waals surface area contributed by atoms with Gasteiger partial charge in [0.25, 0.3) is 0 Å². The highest BCUT2D eigenvalue weighted by atomic mass is 32.2. The van der Waals surface area contributed by atoms with Gasteiger partial charge in [0.15, 0.2) is 4.34 Å². The molecule has 2 aromatic rings. The van der Waals surface area contributed by atoms with Crippen LogP contribution >= 0.6 is 23.1 Å². The molecule has 112 valence electrons. The first kappa shape index (κ1) is 14.8. The fourth-order valence-corrected chi connectivity index (χ4v) is 4.06. The molecule has 3 rings (SSSR count). The second-order valence-corrected chi connectivity index (χ2v) is 7.26. The normalized spacial score (nSPS) is 18.6. The van der Waals surface area contributed by atoms with Crippen LogP contribution in [0.3, 0.4) is 0 Å². The monoisotopic (exact) mass is 321 g/mol. The molecule has 0 saturated carbocycles. The van der Waals surface area contributed by atoms with Gasteiger partial charge in [-0.2, -0.15) is 0 Å². The van der Waals surface area contributed by atoms with Gasteiger partial charge < -0.3 is 10.1 Å². The number of hydrogen-bond acceptors (Lipinski definition) is 6. The van der Waals surface area contributed by atoms with E-state index in [-0.39, 0.29) is 0 Å². The summed E-state index contributed by atoms with van der Waals surface area (Å²) in [6.07, 6.45) is 4.04. The van der Waals surface area contributed by atoms with E-state index in [4.69, 9.17) is 4.74 Å². The third-order valence-electron chi connectivity index (χ3n) is 3.36. The van der Waals surface area contributed by atoms with Crippen molar-refractivity contribution < 1.29 is 4.74 Å². The number of nitrogens with zero attached hydrogens (tertiary/aromatic N) is 2. The van der Waals surface area contributed by atoms with E-state index in [1.54, 1.807) is 23.1 Å². The molecule has 6 heteroatoms. The highest BCUT2D eigenvalue weighted by Crippen LogP contribution is 2.28. The predicted octanol–water partition coefficient (Wildman–Crippen LogP) is 3.81. The van der Waals surface area contributed by atoms with Gasteiger partial charge in [0.1, 0.15) is 0 Å². The van der Waals surface area contributed by atoms with E-state index in [1.165, 1.54) is 24.8 Å². The average molecular weight is 321 g/mol. The third-order valence-corrected chi connectivity index (χ3v) is 5.51. The van der Waals surface area contributed by atoms with Gasteiger partial charge in [0, 0.05) is 18.9 Å². The second-order valence-electron chi connectivity index (χ2n) is 5.01. The molecule has 0 amide bonds. The zero-order valence-electron chi connectivity index (χ0n) is 11.8. The van der Waals surface area contributed by atoms with Crippen LogP contribution in [0.5, 0.6) is 0 Å². The summed E-state index contributed by atoms with van der Waals surface area (Å²) in [5, 5.41) is 12.6. The van der Waals surface area contributed by atoms with Crippen LogP contribution < -0.4 is 5.32 Å². The summed E-state index contributed by atoms with van der Waals surface area (Å²) in [4.78, 5) is 0. The topological polar surface area (TPSA) is 47.0 Å². The summed E-state index contributed by atoms with van der Waals surface area (Å²) >= 11 is 3.36. The first-order valence-corrected chi connectivity index (χ1v) is 9.06. The molecule has 2 heterocycles. The Morgan fingerprint density at radius 2 is 2.14 bits per heavy atom. The molecule has 0 bridgehead atoms. The SMILES string of the molecule is c1ccc(CNc2nnc(SC[C@@H]3CCCCO3)s2)cc1. The smallest absolute Gasteiger partial charge is 0.206 e. The fraction of sp³-hybridized carbons (Fsp3) is 0.467. The Hall–Kier alpha value is -1.11. The highest BCUT2D eigenvalue weighted by Gasteiger charge is 2.15. The van der Waals surface area contributed by atoms with Crippen LogP contribution in [0.15, 0.2) is 34.7 Å². The molecule has 0 spiro atoms. The molecule has 1 aromatic heterocycles. The van der Waals surface area contributed by atoms with Crippen molar-refractivity contribution in [3.8, 4) is 0 Å². The maximum Gasteiger partial charge on any atom is 0.206 e. The van der Waals surface area contributed by atoms with Crippen LogP contribution in [0, 0.1) is 0 Å². The van der Waals surface area contributed by atoms with Crippen molar-refractivity contribution in [3.63, 3.8) is 0 Å². The number of hydrogen-bond donors (Lipinski definition) is 1. The minimum Gasteiger partial charge on any atom is -0.377 e. The molecule has 1 aromatic carbocycles. The molecule has 4 nitrogen and oxygen atoms in total. The minimum atomic E-state index is 0.383. The summed E-state index contributed by atoms with van der Waals surface area (Å²) in [6, 6.07) is 10.3. The molecule has 1 aliphatic heterocycles. The Kier molecular flexibility index (Phi) is 5.48. The van der Waals surface area contributed by atoms with E-state index in [2.05, 4.69) is 27.6 Å². The summed E-state index contributed by atoms with van der Waals surface area (Å²) in [7, 11) is 0. The number of thioether (sulfide) groups is 1. The van der Waals surface area contributed by atoms with Crippen molar-refractivity contribution in [1.29, 1.82) is 0 Å². The van der Waals surface area contributed by atoms with E-state index in [0.29, 0.717) is 6.10 Å². The van der Waals surface area contributed by atoms with E-state index in [9.17, 15) is 0 Å². The first-order valence-electron chi connectivity index (χ1n) is 7.26. The lowest BCUT2D eigenvalue weighted by Gasteiger charge is -2.21. The number of rotatable bonds is 6. The van der Waals surface area contributed by atoms with Crippen LogP contribution in [-0.2, 0) is 11.3 Å². The van der Waals surface area contributed by atoms with Crippen LogP contribution in [0.4, 0.5) is 5.13 Å². The highest BCUT2D eigenvalue weighted by molar-refractivity contribution is 8.01. The quantitative estimate of drug-likeness (QED) is 0.820. The van der Waals surface area contributed by atoms with Crippen molar-refractivity contribution in [2.45, 2.75) is 36.3 Å². The minimum absolute atomic E-state index is 0.383. The Morgan fingerprint density at radius 3 is 2.95 bits per heavy atom. The van der Waals surface area contributed by atoms with Crippen LogP contribution in [0.25, 0.3) is 0 Å². The second kappa shape index (κ2) is 7.77. The van der Waals surface area contributed by atoms with E-state index >= 15 is 0 Å².